The SMILES string of the molecule is Clc1ccccc1-c1c2nc(cc3ccc(cc4nc(cc5ccc1[nH]5)C=C4)[nH]3)C=C2. The van der Waals surface area contributed by atoms with Crippen LogP contribution in [0.25, 0.3) is 57.5 Å². The summed E-state index contributed by atoms with van der Waals surface area (Å²) >= 11 is 6.59. The summed E-state index contributed by atoms with van der Waals surface area (Å²) in [5.41, 5.74) is 9.38. The third-order valence-electron chi connectivity index (χ3n) is 5.36. The molecule has 0 amide bonds. The van der Waals surface area contributed by atoms with Crippen molar-refractivity contribution in [1.29, 1.82) is 0 Å². The van der Waals surface area contributed by atoms with Gasteiger partial charge in [-0.05, 0) is 72.8 Å². The Bertz CT molecular complexity index is 1550. The summed E-state index contributed by atoms with van der Waals surface area (Å²) in [5, 5.41) is 0.687. The van der Waals surface area contributed by atoms with Gasteiger partial charge in [-0.25, -0.2) is 9.97 Å². The van der Waals surface area contributed by atoms with Crippen LogP contribution in [0.15, 0.2) is 66.7 Å². The van der Waals surface area contributed by atoms with E-state index in [-0.39, 0.29) is 0 Å². The minimum absolute atomic E-state index is 0.687. The van der Waals surface area contributed by atoms with Crippen LogP contribution in [0.3, 0.4) is 0 Å². The smallest absolute Gasteiger partial charge is 0.0737 e. The van der Waals surface area contributed by atoms with Crippen molar-refractivity contribution >= 4 is 58.0 Å². The van der Waals surface area contributed by atoms with Gasteiger partial charge in [-0.2, -0.15) is 0 Å². The maximum atomic E-state index is 6.59. The van der Waals surface area contributed by atoms with Crippen molar-refractivity contribution in [2.75, 3.05) is 0 Å². The van der Waals surface area contributed by atoms with Crippen molar-refractivity contribution < 1.29 is 0 Å². The van der Waals surface area contributed by atoms with Gasteiger partial charge in [-0.15, -0.1) is 0 Å². The number of nitrogens with one attached hydrogen (secondary N) is 2. The summed E-state index contributed by atoms with van der Waals surface area (Å²) in [6.07, 6.45) is 8.09. The number of H-pyrrole nitrogens is 2. The molecular formula is C26H17ClN4. The number of halogens is 1. The van der Waals surface area contributed by atoms with E-state index in [1.54, 1.807) is 0 Å². The molecule has 0 spiro atoms. The molecule has 0 aliphatic carbocycles. The lowest BCUT2D eigenvalue weighted by Crippen LogP contribution is -1.86. The van der Waals surface area contributed by atoms with Crippen molar-refractivity contribution in [2.45, 2.75) is 0 Å². The van der Waals surface area contributed by atoms with Crippen LogP contribution in [0.5, 0.6) is 0 Å². The minimum atomic E-state index is 0.687. The van der Waals surface area contributed by atoms with Gasteiger partial charge in [0.05, 0.1) is 22.8 Å². The lowest BCUT2D eigenvalue weighted by atomic mass is 10.0. The van der Waals surface area contributed by atoms with Crippen LogP contribution in [0, 0.1) is 0 Å². The van der Waals surface area contributed by atoms with Gasteiger partial charge in [0.1, 0.15) is 0 Å². The second kappa shape index (κ2) is 7.11. The first-order chi connectivity index (χ1) is 15.2. The molecule has 5 heterocycles. The zero-order chi connectivity index (χ0) is 20.8. The van der Waals surface area contributed by atoms with E-state index in [0.717, 1.165) is 56.0 Å². The second-order valence-electron chi connectivity index (χ2n) is 7.53. The van der Waals surface area contributed by atoms with E-state index in [1.807, 2.05) is 78.9 Å². The molecule has 0 saturated heterocycles. The predicted molar refractivity (Wildman–Crippen MR) is 129 cm³/mol. The normalized spacial score (nSPS) is 12.4. The Morgan fingerprint density at radius 1 is 0.613 bits per heavy atom. The fourth-order valence-corrected chi connectivity index (χ4v) is 4.19. The third kappa shape index (κ3) is 3.37. The monoisotopic (exact) mass is 420 g/mol. The molecule has 2 aliphatic heterocycles. The molecule has 4 aromatic rings. The molecule has 0 fully saturated rings. The number of rotatable bonds is 1. The number of hydrogen-bond donors (Lipinski definition) is 2. The maximum Gasteiger partial charge on any atom is 0.0737 e. The highest BCUT2D eigenvalue weighted by Crippen LogP contribution is 2.34. The standard InChI is InChI=1S/C26H17ClN4/c27-23-4-2-1-3-22(23)26-24-11-9-20(30-24)14-18-7-5-16(28-18)13-17-6-8-19(29-17)15-21-10-12-25(26)31-21/h1-15,28,31H. The molecule has 148 valence electrons. The molecule has 1 aromatic carbocycles. The zero-order valence-corrected chi connectivity index (χ0v) is 17.2. The molecule has 0 atom stereocenters. The molecular weight excluding hydrogens is 404 g/mol. The van der Waals surface area contributed by atoms with Gasteiger partial charge < -0.3 is 9.97 Å². The van der Waals surface area contributed by atoms with Gasteiger partial charge >= 0.3 is 0 Å². The van der Waals surface area contributed by atoms with Crippen LogP contribution in [-0.2, 0) is 0 Å². The van der Waals surface area contributed by atoms with E-state index in [9.17, 15) is 0 Å². The third-order valence-corrected chi connectivity index (χ3v) is 5.69. The van der Waals surface area contributed by atoms with E-state index in [0.29, 0.717) is 5.02 Å². The molecule has 31 heavy (non-hydrogen) atoms. The van der Waals surface area contributed by atoms with Gasteiger partial charge in [0.15, 0.2) is 0 Å². The van der Waals surface area contributed by atoms with Gasteiger partial charge in [0.2, 0.25) is 0 Å². The van der Waals surface area contributed by atoms with Crippen LogP contribution in [0.4, 0.5) is 0 Å². The fourth-order valence-electron chi connectivity index (χ4n) is 3.96. The van der Waals surface area contributed by atoms with E-state index in [2.05, 4.69) is 22.1 Å². The number of nitrogens with zero attached hydrogens (tertiary/aromatic N) is 2. The molecule has 2 aliphatic rings. The average Bonchev–Trinajstić information content (AvgIpc) is 3.55. The van der Waals surface area contributed by atoms with Crippen LogP contribution in [0.2, 0.25) is 5.02 Å². The van der Waals surface area contributed by atoms with Crippen molar-refractivity contribution in [2.24, 2.45) is 0 Å². The first-order valence-corrected chi connectivity index (χ1v) is 10.4. The van der Waals surface area contributed by atoms with Crippen molar-refractivity contribution in [3.8, 4) is 11.1 Å². The summed E-state index contributed by atoms with van der Waals surface area (Å²) in [4.78, 5) is 16.5. The average molecular weight is 421 g/mol. The Morgan fingerprint density at radius 2 is 1.23 bits per heavy atom. The van der Waals surface area contributed by atoms with E-state index >= 15 is 0 Å². The number of hydrogen-bond acceptors (Lipinski definition) is 2. The number of benzene rings is 1. The molecule has 0 saturated carbocycles. The van der Waals surface area contributed by atoms with E-state index in [1.165, 1.54) is 0 Å². The largest absolute Gasteiger partial charge is 0.355 e. The highest BCUT2D eigenvalue weighted by molar-refractivity contribution is 6.33. The summed E-state index contributed by atoms with van der Waals surface area (Å²) in [6, 6.07) is 22.2. The lowest BCUT2D eigenvalue weighted by molar-refractivity contribution is 1.31. The highest BCUT2D eigenvalue weighted by atomic mass is 35.5. The maximum absolute atomic E-state index is 6.59. The lowest BCUT2D eigenvalue weighted by Gasteiger charge is -2.06. The van der Waals surface area contributed by atoms with Gasteiger partial charge in [-0.3, -0.25) is 0 Å². The minimum Gasteiger partial charge on any atom is -0.355 e. The molecule has 8 bridgehead atoms. The first kappa shape index (κ1) is 17.9. The summed E-state index contributed by atoms with van der Waals surface area (Å²) in [6.45, 7) is 0. The first-order valence-electron chi connectivity index (χ1n) is 10.0. The molecule has 6 rings (SSSR count). The summed E-state index contributed by atoms with van der Waals surface area (Å²) in [5.74, 6) is 0. The van der Waals surface area contributed by atoms with Crippen LogP contribution < -0.4 is 0 Å². The van der Waals surface area contributed by atoms with E-state index in [4.69, 9.17) is 21.6 Å². The Kier molecular flexibility index (Phi) is 4.11. The number of aromatic amines is 2. The highest BCUT2D eigenvalue weighted by Gasteiger charge is 2.13. The van der Waals surface area contributed by atoms with Crippen LogP contribution >= 0.6 is 11.6 Å². The Balaban J connectivity index is 1.74. The Morgan fingerprint density at radius 3 is 1.97 bits per heavy atom. The quantitative estimate of drug-likeness (QED) is 0.301. The molecule has 5 heteroatoms. The Hall–Kier alpha value is -3.89. The molecule has 0 radical (unpaired) electrons. The summed E-state index contributed by atoms with van der Waals surface area (Å²) < 4.78 is 0. The molecule has 4 nitrogen and oxygen atoms in total. The van der Waals surface area contributed by atoms with Crippen molar-refractivity contribution in [1.82, 2.24) is 19.9 Å². The Labute approximate surface area is 183 Å². The van der Waals surface area contributed by atoms with E-state index < -0.39 is 0 Å². The van der Waals surface area contributed by atoms with Gasteiger partial charge in [0.25, 0.3) is 0 Å². The summed E-state index contributed by atoms with van der Waals surface area (Å²) in [7, 11) is 0. The van der Waals surface area contributed by atoms with Crippen molar-refractivity contribution in [3.05, 3.63) is 94.5 Å². The molecule has 3 aromatic heterocycles. The molecule has 2 N–H and O–H groups in total. The fraction of sp³-hybridized carbons (Fsp3) is 0. The number of aromatic nitrogens is 4. The van der Waals surface area contributed by atoms with Crippen LogP contribution in [0.1, 0.15) is 22.8 Å². The molecule has 0 unspecified atom stereocenters. The van der Waals surface area contributed by atoms with Crippen molar-refractivity contribution in [3.63, 3.8) is 0 Å². The zero-order valence-electron chi connectivity index (χ0n) is 16.4. The predicted octanol–water partition coefficient (Wildman–Crippen LogP) is 6.98. The van der Waals surface area contributed by atoms with Gasteiger partial charge in [0, 0.05) is 38.2 Å². The van der Waals surface area contributed by atoms with Gasteiger partial charge in [-0.1, -0.05) is 29.8 Å². The topological polar surface area (TPSA) is 57.4 Å². The second-order valence-corrected chi connectivity index (χ2v) is 7.94. The van der Waals surface area contributed by atoms with Crippen LogP contribution in [-0.4, -0.2) is 19.9 Å². The number of fused-ring (bicyclic) bond motifs is 8.